The molecule has 1 aromatic rings. The molecule has 1 saturated carbocycles. The summed E-state index contributed by atoms with van der Waals surface area (Å²) in [6.45, 7) is 3.76. The summed E-state index contributed by atoms with van der Waals surface area (Å²) in [6, 6.07) is 0.597. The Morgan fingerprint density at radius 2 is 2.22 bits per heavy atom. The number of hydrogen-bond donors (Lipinski definition) is 1. The highest BCUT2D eigenvalue weighted by atomic mass is 16.5. The molecular weight excluding hydrogens is 228 g/mol. The SMILES string of the molecule is CCOC1CC(NCc2cnc(N(C)C)n2C)C1. The zero-order valence-electron chi connectivity index (χ0n) is 11.8. The third-order valence-electron chi connectivity index (χ3n) is 3.53. The number of hydrogen-bond acceptors (Lipinski definition) is 4. The number of aromatic nitrogens is 2. The Balaban J connectivity index is 1.78. The fraction of sp³-hybridized carbons (Fsp3) is 0.769. The first kappa shape index (κ1) is 13.4. The molecule has 1 N–H and O–H groups in total. The Hall–Kier alpha value is -1.07. The predicted molar refractivity (Wildman–Crippen MR) is 72.8 cm³/mol. The van der Waals surface area contributed by atoms with Crippen molar-refractivity contribution in [2.75, 3.05) is 25.6 Å². The van der Waals surface area contributed by atoms with Gasteiger partial charge in [0, 0.05) is 40.3 Å². The summed E-state index contributed by atoms with van der Waals surface area (Å²) in [4.78, 5) is 6.43. The Bertz CT molecular complexity index is 382. The molecule has 0 atom stereocenters. The molecule has 1 fully saturated rings. The maximum Gasteiger partial charge on any atom is 0.204 e. The summed E-state index contributed by atoms with van der Waals surface area (Å²) in [6.07, 6.45) is 4.68. The number of anilines is 1. The lowest BCUT2D eigenvalue weighted by molar-refractivity contribution is -0.0103. The average Bonchev–Trinajstić information content (AvgIpc) is 2.63. The third-order valence-corrected chi connectivity index (χ3v) is 3.53. The van der Waals surface area contributed by atoms with Crippen LogP contribution in [0.3, 0.4) is 0 Å². The minimum absolute atomic E-state index is 0.469. The molecular formula is C13H24N4O. The van der Waals surface area contributed by atoms with Crippen molar-refractivity contribution in [2.45, 2.75) is 38.5 Å². The normalized spacial score (nSPS) is 22.9. The van der Waals surface area contributed by atoms with E-state index >= 15 is 0 Å². The van der Waals surface area contributed by atoms with Crippen molar-refractivity contribution in [1.82, 2.24) is 14.9 Å². The van der Waals surface area contributed by atoms with Crippen molar-refractivity contribution in [2.24, 2.45) is 7.05 Å². The highest BCUT2D eigenvalue weighted by Crippen LogP contribution is 2.23. The second kappa shape index (κ2) is 5.71. The predicted octanol–water partition coefficient (Wildman–Crippen LogP) is 1.14. The number of nitrogens with one attached hydrogen (secondary N) is 1. The third kappa shape index (κ3) is 2.84. The fourth-order valence-corrected chi connectivity index (χ4v) is 2.37. The first-order valence-electron chi connectivity index (χ1n) is 6.64. The topological polar surface area (TPSA) is 42.3 Å². The molecule has 0 amide bonds. The molecule has 1 aromatic heterocycles. The van der Waals surface area contributed by atoms with E-state index in [4.69, 9.17) is 4.74 Å². The highest BCUT2D eigenvalue weighted by Gasteiger charge is 2.29. The van der Waals surface area contributed by atoms with E-state index in [1.807, 2.05) is 25.2 Å². The van der Waals surface area contributed by atoms with E-state index in [1.54, 1.807) is 0 Å². The summed E-state index contributed by atoms with van der Waals surface area (Å²) in [7, 11) is 6.08. The van der Waals surface area contributed by atoms with Crippen molar-refractivity contribution in [3.05, 3.63) is 11.9 Å². The van der Waals surface area contributed by atoms with Gasteiger partial charge in [-0.25, -0.2) is 4.98 Å². The van der Waals surface area contributed by atoms with Gasteiger partial charge in [0.2, 0.25) is 5.95 Å². The van der Waals surface area contributed by atoms with Gasteiger partial charge in [0.25, 0.3) is 0 Å². The van der Waals surface area contributed by atoms with Crippen LogP contribution in [0.25, 0.3) is 0 Å². The summed E-state index contributed by atoms with van der Waals surface area (Å²) in [5, 5.41) is 3.56. The van der Waals surface area contributed by atoms with Gasteiger partial charge in [-0.05, 0) is 19.8 Å². The first-order chi connectivity index (χ1) is 8.61. The minimum Gasteiger partial charge on any atom is -0.378 e. The van der Waals surface area contributed by atoms with Crippen LogP contribution in [0.2, 0.25) is 0 Å². The standard InChI is InChI=1S/C13H24N4O/c1-5-18-12-6-10(7-12)14-8-11-9-15-13(16(2)3)17(11)4/h9-10,12,14H,5-8H2,1-4H3. The molecule has 0 saturated heterocycles. The van der Waals surface area contributed by atoms with Crippen molar-refractivity contribution < 1.29 is 4.74 Å². The van der Waals surface area contributed by atoms with Crippen molar-refractivity contribution in [3.63, 3.8) is 0 Å². The summed E-state index contributed by atoms with van der Waals surface area (Å²) in [5.41, 5.74) is 1.22. The minimum atomic E-state index is 0.469. The van der Waals surface area contributed by atoms with Crippen LogP contribution in [0, 0.1) is 0 Å². The Labute approximate surface area is 109 Å². The van der Waals surface area contributed by atoms with E-state index in [1.165, 1.54) is 5.69 Å². The first-order valence-corrected chi connectivity index (χ1v) is 6.64. The molecule has 0 radical (unpaired) electrons. The van der Waals surface area contributed by atoms with Crippen LogP contribution in [-0.2, 0) is 18.3 Å². The fourth-order valence-electron chi connectivity index (χ4n) is 2.37. The zero-order valence-corrected chi connectivity index (χ0v) is 11.8. The number of nitrogens with zero attached hydrogens (tertiary/aromatic N) is 3. The molecule has 2 rings (SSSR count). The molecule has 0 unspecified atom stereocenters. The maximum atomic E-state index is 5.56. The molecule has 0 spiro atoms. The van der Waals surface area contributed by atoms with E-state index in [-0.39, 0.29) is 0 Å². The van der Waals surface area contributed by atoms with E-state index < -0.39 is 0 Å². The molecule has 5 heteroatoms. The van der Waals surface area contributed by atoms with Gasteiger partial charge in [-0.1, -0.05) is 0 Å². The van der Waals surface area contributed by atoms with Crippen LogP contribution in [-0.4, -0.2) is 42.4 Å². The maximum absolute atomic E-state index is 5.56. The molecule has 5 nitrogen and oxygen atoms in total. The van der Waals surface area contributed by atoms with Gasteiger partial charge < -0.3 is 19.5 Å². The molecule has 0 aromatic carbocycles. The van der Waals surface area contributed by atoms with Crippen LogP contribution in [0.5, 0.6) is 0 Å². The summed E-state index contributed by atoms with van der Waals surface area (Å²) >= 11 is 0. The molecule has 1 aliphatic carbocycles. The lowest BCUT2D eigenvalue weighted by atomic mass is 9.89. The second-order valence-corrected chi connectivity index (χ2v) is 5.13. The van der Waals surface area contributed by atoms with E-state index in [2.05, 4.69) is 28.8 Å². The number of ether oxygens (including phenoxy) is 1. The van der Waals surface area contributed by atoms with Gasteiger partial charge in [-0.2, -0.15) is 0 Å². The second-order valence-electron chi connectivity index (χ2n) is 5.13. The van der Waals surface area contributed by atoms with Gasteiger partial charge in [0.1, 0.15) is 0 Å². The molecule has 0 bridgehead atoms. The van der Waals surface area contributed by atoms with Crippen LogP contribution in [0.1, 0.15) is 25.5 Å². The van der Waals surface area contributed by atoms with Gasteiger partial charge in [0.05, 0.1) is 18.0 Å². The Morgan fingerprint density at radius 3 is 2.78 bits per heavy atom. The van der Waals surface area contributed by atoms with Gasteiger partial charge >= 0.3 is 0 Å². The zero-order chi connectivity index (χ0) is 13.1. The molecule has 0 aliphatic heterocycles. The van der Waals surface area contributed by atoms with Crippen molar-refractivity contribution in [1.29, 1.82) is 0 Å². The van der Waals surface area contributed by atoms with Crippen LogP contribution < -0.4 is 10.2 Å². The highest BCUT2D eigenvalue weighted by molar-refractivity contribution is 5.30. The molecule has 18 heavy (non-hydrogen) atoms. The Kier molecular flexibility index (Phi) is 4.24. The number of imidazole rings is 1. The monoisotopic (exact) mass is 252 g/mol. The van der Waals surface area contributed by atoms with Crippen LogP contribution in [0.4, 0.5) is 5.95 Å². The summed E-state index contributed by atoms with van der Waals surface area (Å²) in [5.74, 6) is 0.993. The smallest absolute Gasteiger partial charge is 0.204 e. The molecule has 1 aliphatic rings. The largest absolute Gasteiger partial charge is 0.378 e. The van der Waals surface area contributed by atoms with Crippen molar-refractivity contribution in [3.8, 4) is 0 Å². The molecule has 1 heterocycles. The van der Waals surface area contributed by atoms with Gasteiger partial charge in [-0.15, -0.1) is 0 Å². The lowest BCUT2D eigenvalue weighted by Gasteiger charge is -2.35. The summed E-state index contributed by atoms with van der Waals surface area (Å²) < 4.78 is 7.69. The molecule has 102 valence electrons. The van der Waals surface area contributed by atoms with Gasteiger partial charge in [-0.3, -0.25) is 0 Å². The van der Waals surface area contributed by atoms with Gasteiger partial charge in [0.15, 0.2) is 0 Å². The Morgan fingerprint density at radius 1 is 1.50 bits per heavy atom. The van der Waals surface area contributed by atoms with E-state index in [9.17, 15) is 0 Å². The van der Waals surface area contributed by atoms with Crippen molar-refractivity contribution >= 4 is 5.95 Å². The quantitative estimate of drug-likeness (QED) is 0.824. The van der Waals surface area contributed by atoms with Crippen LogP contribution >= 0.6 is 0 Å². The van der Waals surface area contributed by atoms with E-state index in [0.717, 1.165) is 31.9 Å². The number of rotatable bonds is 6. The average molecular weight is 252 g/mol. The lowest BCUT2D eigenvalue weighted by Crippen LogP contribution is -2.45. The van der Waals surface area contributed by atoms with E-state index in [0.29, 0.717) is 12.1 Å². The van der Waals surface area contributed by atoms with Crippen LogP contribution in [0.15, 0.2) is 6.20 Å².